The summed E-state index contributed by atoms with van der Waals surface area (Å²) in [6.45, 7) is 8.70. The normalized spacial score (nSPS) is 25.2. The number of piperazine rings is 1. The van der Waals surface area contributed by atoms with Crippen LogP contribution in [0, 0.1) is 5.92 Å². The molecule has 2 aliphatic rings. The average molecular weight is 390 g/mol. The number of likely N-dealkylation sites (N-methyl/N-ethyl adjacent to an activating group) is 1. The number of hydrogen-bond acceptors (Lipinski definition) is 4. The monoisotopic (exact) mass is 389 g/mol. The van der Waals surface area contributed by atoms with Crippen molar-refractivity contribution in [3.63, 3.8) is 0 Å². The number of oxime groups is 1. The van der Waals surface area contributed by atoms with Gasteiger partial charge in [-0.25, -0.2) is 0 Å². The molecule has 0 radical (unpaired) electrons. The van der Waals surface area contributed by atoms with Crippen molar-refractivity contribution < 1.29 is 4.84 Å². The standard InChI is InChI=1S/C22H32ClN3O/c1-18-5-3-6-20(17-19-7-9-21(23)10-8-19)22(18)24-27-16-4-11-26-14-12-25(2)13-15-26/h7-10,17-18H,3-6,11-16H2,1-2H3/b20-17+,24-22+. The summed E-state index contributed by atoms with van der Waals surface area (Å²) in [6, 6.07) is 7.99. The Balaban J connectivity index is 1.52. The van der Waals surface area contributed by atoms with Crippen molar-refractivity contribution in [1.82, 2.24) is 9.80 Å². The highest BCUT2D eigenvalue weighted by Gasteiger charge is 2.21. The lowest BCUT2D eigenvalue weighted by Crippen LogP contribution is -2.44. The molecule has 1 atom stereocenters. The molecule has 1 unspecified atom stereocenters. The van der Waals surface area contributed by atoms with E-state index in [1.807, 2.05) is 12.1 Å². The molecular weight excluding hydrogens is 358 g/mol. The number of benzene rings is 1. The molecule has 4 nitrogen and oxygen atoms in total. The summed E-state index contributed by atoms with van der Waals surface area (Å²) in [5.41, 5.74) is 3.59. The van der Waals surface area contributed by atoms with Crippen molar-refractivity contribution >= 4 is 23.4 Å². The third kappa shape index (κ3) is 6.34. The van der Waals surface area contributed by atoms with Gasteiger partial charge in [-0.1, -0.05) is 35.8 Å². The van der Waals surface area contributed by atoms with E-state index < -0.39 is 0 Å². The molecule has 1 heterocycles. The van der Waals surface area contributed by atoms with Crippen LogP contribution < -0.4 is 0 Å². The van der Waals surface area contributed by atoms with Gasteiger partial charge < -0.3 is 14.6 Å². The maximum absolute atomic E-state index is 6.00. The van der Waals surface area contributed by atoms with Gasteiger partial charge in [0.1, 0.15) is 6.61 Å². The average Bonchev–Trinajstić information content (AvgIpc) is 2.67. The predicted octanol–water partition coefficient (Wildman–Crippen LogP) is 4.55. The van der Waals surface area contributed by atoms with E-state index in [0.717, 1.165) is 43.2 Å². The van der Waals surface area contributed by atoms with E-state index in [2.05, 4.69) is 47.1 Å². The van der Waals surface area contributed by atoms with Crippen LogP contribution in [0.4, 0.5) is 0 Å². The van der Waals surface area contributed by atoms with E-state index in [9.17, 15) is 0 Å². The van der Waals surface area contributed by atoms with Gasteiger partial charge in [0.25, 0.3) is 0 Å². The van der Waals surface area contributed by atoms with E-state index >= 15 is 0 Å². The second-order valence-electron chi connectivity index (χ2n) is 7.82. The summed E-state index contributed by atoms with van der Waals surface area (Å²) in [5.74, 6) is 0.454. The first-order valence-corrected chi connectivity index (χ1v) is 10.6. The van der Waals surface area contributed by atoms with E-state index in [4.69, 9.17) is 16.4 Å². The first kappa shape index (κ1) is 20.4. The fourth-order valence-electron chi connectivity index (χ4n) is 3.77. The summed E-state index contributed by atoms with van der Waals surface area (Å²) >= 11 is 6.00. The third-order valence-electron chi connectivity index (χ3n) is 5.56. The van der Waals surface area contributed by atoms with Gasteiger partial charge in [-0.2, -0.15) is 0 Å². The molecule has 0 amide bonds. The van der Waals surface area contributed by atoms with Crippen LogP contribution in [0.3, 0.4) is 0 Å². The Labute approximate surface area is 168 Å². The van der Waals surface area contributed by atoms with Gasteiger partial charge >= 0.3 is 0 Å². The summed E-state index contributed by atoms with van der Waals surface area (Å²) in [7, 11) is 2.19. The summed E-state index contributed by atoms with van der Waals surface area (Å²) in [6.07, 6.45) is 6.73. The highest BCUT2D eigenvalue weighted by molar-refractivity contribution is 6.30. The molecule has 0 spiro atoms. The molecule has 1 aliphatic heterocycles. The summed E-state index contributed by atoms with van der Waals surface area (Å²) in [5, 5.41) is 5.32. The molecule has 1 aliphatic carbocycles. The molecule has 0 bridgehead atoms. The van der Waals surface area contributed by atoms with Crippen molar-refractivity contribution in [2.75, 3.05) is 46.4 Å². The molecular formula is C22H32ClN3O. The van der Waals surface area contributed by atoms with E-state index in [1.165, 1.54) is 37.1 Å². The van der Waals surface area contributed by atoms with Crippen LogP contribution in [0.2, 0.25) is 5.02 Å². The minimum absolute atomic E-state index is 0.454. The number of rotatable bonds is 6. The third-order valence-corrected chi connectivity index (χ3v) is 5.81. The Hall–Kier alpha value is -1.36. The Bertz CT molecular complexity index is 648. The maximum Gasteiger partial charge on any atom is 0.118 e. The topological polar surface area (TPSA) is 28.1 Å². The molecule has 148 valence electrons. The first-order chi connectivity index (χ1) is 13.1. The van der Waals surface area contributed by atoms with Gasteiger partial charge in [0, 0.05) is 43.7 Å². The minimum Gasteiger partial charge on any atom is -0.396 e. The van der Waals surface area contributed by atoms with Crippen molar-refractivity contribution in [3.05, 3.63) is 40.4 Å². The van der Waals surface area contributed by atoms with Crippen LogP contribution in [0.1, 0.15) is 38.2 Å². The molecule has 2 fully saturated rings. The van der Waals surface area contributed by atoms with Gasteiger partial charge in [0.05, 0.1) is 5.71 Å². The molecule has 1 saturated carbocycles. The van der Waals surface area contributed by atoms with E-state index in [0.29, 0.717) is 12.5 Å². The largest absolute Gasteiger partial charge is 0.396 e. The summed E-state index contributed by atoms with van der Waals surface area (Å²) in [4.78, 5) is 10.6. The molecule has 5 heteroatoms. The molecule has 3 rings (SSSR count). The van der Waals surface area contributed by atoms with Crippen LogP contribution in [0.25, 0.3) is 6.08 Å². The van der Waals surface area contributed by atoms with Gasteiger partial charge in [-0.3, -0.25) is 0 Å². The fraction of sp³-hybridized carbons (Fsp3) is 0.591. The van der Waals surface area contributed by atoms with Crippen LogP contribution in [-0.4, -0.2) is 61.9 Å². The van der Waals surface area contributed by atoms with Crippen LogP contribution in [0.5, 0.6) is 0 Å². The lowest BCUT2D eigenvalue weighted by molar-refractivity contribution is 0.110. The molecule has 0 N–H and O–H groups in total. The lowest BCUT2D eigenvalue weighted by atomic mass is 9.84. The Morgan fingerprint density at radius 3 is 2.67 bits per heavy atom. The zero-order chi connectivity index (χ0) is 19.1. The van der Waals surface area contributed by atoms with Crippen molar-refractivity contribution in [1.29, 1.82) is 0 Å². The van der Waals surface area contributed by atoms with Gasteiger partial charge in [-0.15, -0.1) is 0 Å². The highest BCUT2D eigenvalue weighted by atomic mass is 35.5. The minimum atomic E-state index is 0.454. The number of halogens is 1. The van der Waals surface area contributed by atoms with Gasteiger partial charge in [0.15, 0.2) is 0 Å². The molecule has 0 aromatic heterocycles. The zero-order valence-corrected chi connectivity index (χ0v) is 17.4. The first-order valence-electron chi connectivity index (χ1n) is 10.2. The fourth-order valence-corrected chi connectivity index (χ4v) is 3.90. The van der Waals surface area contributed by atoms with Crippen molar-refractivity contribution in [2.45, 2.75) is 32.6 Å². The Kier molecular flexibility index (Phi) is 7.74. The Morgan fingerprint density at radius 1 is 1.19 bits per heavy atom. The van der Waals surface area contributed by atoms with Crippen molar-refractivity contribution in [3.8, 4) is 0 Å². The zero-order valence-electron chi connectivity index (χ0n) is 16.7. The Morgan fingerprint density at radius 2 is 1.93 bits per heavy atom. The predicted molar refractivity (Wildman–Crippen MR) is 114 cm³/mol. The second kappa shape index (κ2) is 10.3. The van der Waals surface area contributed by atoms with Crippen molar-refractivity contribution in [2.24, 2.45) is 11.1 Å². The molecule has 1 aromatic rings. The number of allylic oxidation sites excluding steroid dienone is 1. The lowest BCUT2D eigenvalue weighted by Gasteiger charge is -2.32. The van der Waals surface area contributed by atoms with Gasteiger partial charge in [0.2, 0.25) is 0 Å². The van der Waals surface area contributed by atoms with Crippen LogP contribution in [0.15, 0.2) is 35.0 Å². The number of hydrogen-bond donors (Lipinski definition) is 0. The quantitative estimate of drug-likeness (QED) is 0.527. The molecule has 1 saturated heterocycles. The summed E-state index contributed by atoms with van der Waals surface area (Å²) < 4.78 is 0. The highest BCUT2D eigenvalue weighted by Crippen LogP contribution is 2.28. The maximum atomic E-state index is 6.00. The van der Waals surface area contributed by atoms with Gasteiger partial charge in [-0.05, 0) is 62.1 Å². The van der Waals surface area contributed by atoms with E-state index in [-0.39, 0.29) is 0 Å². The van der Waals surface area contributed by atoms with Crippen LogP contribution in [-0.2, 0) is 4.84 Å². The van der Waals surface area contributed by atoms with Crippen LogP contribution >= 0.6 is 11.6 Å². The second-order valence-corrected chi connectivity index (χ2v) is 8.26. The molecule has 1 aromatic carbocycles. The van der Waals surface area contributed by atoms with E-state index in [1.54, 1.807) is 0 Å². The molecule has 27 heavy (non-hydrogen) atoms. The SMILES string of the molecule is CC1CCCC(=C\c2ccc(Cl)cc2)/C1=N/OCCCN1CCN(C)CC1. The number of nitrogens with zero attached hydrogens (tertiary/aromatic N) is 3. The smallest absolute Gasteiger partial charge is 0.118 e.